The van der Waals surface area contributed by atoms with Gasteiger partial charge in [-0.15, -0.1) is 0 Å². The lowest BCUT2D eigenvalue weighted by atomic mass is 10.2. The minimum absolute atomic E-state index is 0.103. The van der Waals surface area contributed by atoms with E-state index in [9.17, 15) is 14.4 Å². The molecule has 0 spiro atoms. The van der Waals surface area contributed by atoms with Crippen molar-refractivity contribution >= 4 is 29.8 Å². The van der Waals surface area contributed by atoms with Crippen LogP contribution in [0.2, 0.25) is 0 Å². The molecule has 0 heterocycles. The molecule has 0 aliphatic carbocycles. The van der Waals surface area contributed by atoms with Crippen molar-refractivity contribution in [2.24, 2.45) is 5.92 Å². The summed E-state index contributed by atoms with van der Waals surface area (Å²) < 4.78 is 15.0. The second-order valence-electron chi connectivity index (χ2n) is 5.91. The Hall–Kier alpha value is -1.70. The predicted octanol–water partition coefficient (Wildman–Crippen LogP) is 2.15. The van der Waals surface area contributed by atoms with Crippen molar-refractivity contribution in [3.8, 4) is 0 Å². The molecule has 8 heteroatoms. The van der Waals surface area contributed by atoms with E-state index in [-0.39, 0.29) is 25.7 Å². The lowest BCUT2D eigenvalue weighted by Crippen LogP contribution is -2.38. The highest BCUT2D eigenvalue weighted by atomic mass is 32.2. The molecule has 0 aliphatic rings. The molecule has 1 amide bonds. The summed E-state index contributed by atoms with van der Waals surface area (Å²) in [5.41, 5.74) is -0.609. The van der Waals surface area contributed by atoms with E-state index >= 15 is 0 Å². The van der Waals surface area contributed by atoms with Gasteiger partial charge in [0.1, 0.15) is 18.8 Å². The van der Waals surface area contributed by atoms with E-state index in [1.165, 1.54) is 24.8 Å². The number of carbonyl (C=O) groups is 3. The maximum absolute atomic E-state index is 12.0. The minimum Gasteiger partial charge on any atom is -0.465 e. The largest absolute Gasteiger partial charge is 0.465 e. The molecule has 1 atom stereocenters. The van der Waals surface area contributed by atoms with E-state index in [4.69, 9.17) is 14.2 Å². The van der Waals surface area contributed by atoms with Gasteiger partial charge in [-0.3, -0.25) is 9.59 Å². The van der Waals surface area contributed by atoms with E-state index in [0.29, 0.717) is 11.5 Å². The molecular weight excluding hydrogens is 334 g/mol. The topological polar surface area (TPSA) is 90.9 Å². The second kappa shape index (κ2) is 11.8. The van der Waals surface area contributed by atoms with Gasteiger partial charge < -0.3 is 19.5 Å². The average Bonchev–Trinajstić information content (AvgIpc) is 2.45. The minimum atomic E-state index is -0.609. The van der Waals surface area contributed by atoms with Crippen LogP contribution < -0.4 is 5.32 Å². The zero-order chi connectivity index (χ0) is 18.6. The highest BCUT2D eigenvalue weighted by Gasteiger charge is 2.23. The van der Waals surface area contributed by atoms with E-state index in [0.717, 1.165) is 0 Å². The number of ether oxygens (including phenoxy) is 3. The zero-order valence-corrected chi connectivity index (χ0v) is 15.6. The van der Waals surface area contributed by atoms with Gasteiger partial charge in [-0.25, -0.2) is 4.79 Å². The Balaban J connectivity index is 4.36. The molecule has 0 saturated carbocycles. The monoisotopic (exact) mass is 361 g/mol. The first-order valence-electron chi connectivity index (χ1n) is 7.61. The number of hydrogen-bond donors (Lipinski definition) is 1. The lowest BCUT2D eigenvalue weighted by molar-refractivity contribution is -0.146. The number of amides is 1. The smallest absolute Gasteiger partial charge is 0.407 e. The third-order valence-electron chi connectivity index (χ3n) is 2.42. The highest BCUT2D eigenvalue weighted by molar-refractivity contribution is 7.99. The SMILES string of the molecule is C=CCOC(=O)[C@@H](CNC(=O)OC(C)(C)C)CSCCOC(C)=O. The molecule has 0 aromatic carbocycles. The fraction of sp³-hybridized carbons (Fsp3) is 0.688. The highest BCUT2D eigenvalue weighted by Crippen LogP contribution is 2.11. The van der Waals surface area contributed by atoms with Gasteiger partial charge >= 0.3 is 18.0 Å². The first kappa shape index (κ1) is 22.3. The van der Waals surface area contributed by atoms with E-state index in [1.54, 1.807) is 20.8 Å². The summed E-state index contributed by atoms with van der Waals surface area (Å²) in [7, 11) is 0. The van der Waals surface area contributed by atoms with Gasteiger partial charge in [0.05, 0.1) is 5.92 Å². The summed E-state index contributed by atoms with van der Waals surface area (Å²) in [5, 5.41) is 2.57. The van der Waals surface area contributed by atoms with Gasteiger partial charge in [0.15, 0.2) is 0 Å². The molecule has 0 bridgehead atoms. The number of carbonyl (C=O) groups excluding carboxylic acids is 3. The van der Waals surface area contributed by atoms with Crippen LogP contribution in [0.1, 0.15) is 27.7 Å². The lowest BCUT2D eigenvalue weighted by Gasteiger charge is -2.21. The number of thioether (sulfide) groups is 1. The Morgan fingerprint density at radius 1 is 1.25 bits per heavy atom. The molecule has 0 radical (unpaired) electrons. The molecule has 138 valence electrons. The molecule has 0 rings (SSSR count). The van der Waals surface area contributed by atoms with Crippen molar-refractivity contribution in [2.75, 3.05) is 31.3 Å². The molecule has 0 saturated heterocycles. The molecule has 24 heavy (non-hydrogen) atoms. The molecule has 0 unspecified atom stereocenters. The Morgan fingerprint density at radius 3 is 2.46 bits per heavy atom. The van der Waals surface area contributed by atoms with Gasteiger partial charge in [0.2, 0.25) is 0 Å². The van der Waals surface area contributed by atoms with Crippen LogP contribution in [0.15, 0.2) is 12.7 Å². The molecule has 0 aromatic heterocycles. The standard InChI is InChI=1S/C16H27NO6S/c1-6-7-22-14(19)13(11-24-9-8-21-12(2)18)10-17-15(20)23-16(3,4)5/h6,13H,1,7-11H2,2-5H3,(H,17,20)/t13-/m0/s1. The fourth-order valence-electron chi connectivity index (χ4n) is 1.46. The van der Waals surface area contributed by atoms with Crippen LogP contribution in [0.5, 0.6) is 0 Å². The third kappa shape index (κ3) is 12.8. The number of esters is 2. The molecule has 0 aromatic rings. The summed E-state index contributed by atoms with van der Waals surface area (Å²) in [6.45, 7) is 10.6. The first-order valence-corrected chi connectivity index (χ1v) is 8.76. The predicted molar refractivity (Wildman–Crippen MR) is 92.8 cm³/mol. The van der Waals surface area contributed by atoms with Crippen LogP contribution in [0.25, 0.3) is 0 Å². The van der Waals surface area contributed by atoms with Crippen LogP contribution in [0.4, 0.5) is 4.79 Å². The van der Waals surface area contributed by atoms with Crippen molar-refractivity contribution in [1.82, 2.24) is 5.32 Å². The third-order valence-corrected chi connectivity index (χ3v) is 3.51. The molecular formula is C16H27NO6S. The van der Waals surface area contributed by atoms with Crippen molar-refractivity contribution in [1.29, 1.82) is 0 Å². The van der Waals surface area contributed by atoms with Crippen LogP contribution >= 0.6 is 11.8 Å². The summed E-state index contributed by atoms with van der Waals surface area (Å²) in [6.07, 6.45) is 0.887. The summed E-state index contributed by atoms with van der Waals surface area (Å²) in [6, 6.07) is 0. The maximum Gasteiger partial charge on any atom is 0.407 e. The molecule has 7 nitrogen and oxygen atoms in total. The van der Waals surface area contributed by atoms with Crippen LogP contribution in [-0.4, -0.2) is 54.9 Å². The number of nitrogens with one attached hydrogen (secondary N) is 1. The Labute approximate surface area is 147 Å². The van der Waals surface area contributed by atoms with Gasteiger partial charge in [-0.05, 0) is 20.8 Å². The molecule has 1 N–H and O–H groups in total. The Morgan fingerprint density at radius 2 is 1.92 bits per heavy atom. The van der Waals surface area contributed by atoms with E-state index < -0.39 is 23.6 Å². The summed E-state index contributed by atoms with van der Waals surface area (Å²) >= 11 is 1.43. The fourth-order valence-corrected chi connectivity index (χ4v) is 2.37. The Bertz CT molecular complexity index is 433. The zero-order valence-electron chi connectivity index (χ0n) is 14.8. The first-order chi connectivity index (χ1) is 11.2. The average molecular weight is 361 g/mol. The van der Waals surface area contributed by atoms with Crippen molar-refractivity contribution in [3.63, 3.8) is 0 Å². The van der Waals surface area contributed by atoms with Crippen LogP contribution in [0, 0.1) is 5.92 Å². The number of rotatable bonds is 10. The molecule has 0 aliphatic heterocycles. The second-order valence-corrected chi connectivity index (χ2v) is 7.06. The van der Waals surface area contributed by atoms with Gasteiger partial charge in [0, 0.05) is 25.0 Å². The normalized spacial score (nSPS) is 12.0. The van der Waals surface area contributed by atoms with Gasteiger partial charge in [0.25, 0.3) is 0 Å². The summed E-state index contributed by atoms with van der Waals surface area (Å²) in [5.74, 6) is -0.320. The van der Waals surface area contributed by atoms with Gasteiger partial charge in [-0.1, -0.05) is 12.7 Å². The van der Waals surface area contributed by atoms with Crippen molar-refractivity contribution in [3.05, 3.63) is 12.7 Å². The van der Waals surface area contributed by atoms with Crippen LogP contribution in [-0.2, 0) is 23.8 Å². The van der Waals surface area contributed by atoms with Gasteiger partial charge in [-0.2, -0.15) is 11.8 Å². The van der Waals surface area contributed by atoms with Crippen molar-refractivity contribution < 1.29 is 28.6 Å². The molecule has 0 fully saturated rings. The quantitative estimate of drug-likeness (QED) is 0.276. The maximum atomic E-state index is 12.0. The van der Waals surface area contributed by atoms with E-state index in [2.05, 4.69) is 11.9 Å². The van der Waals surface area contributed by atoms with Crippen molar-refractivity contribution in [2.45, 2.75) is 33.3 Å². The van der Waals surface area contributed by atoms with E-state index in [1.807, 2.05) is 0 Å². The summed E-state index contributed by atoms with van der Waals surface area (Å²) in [4.78, 5) is 34.4. The van der Waals surface area contributed by atoms with Crippen LogP contribution in [0.3, 0.4) is 0 Å². The Kier molecular flexibility index (Phi) is 10.9. The number of alkyl carbamates (subject to hydrolysis) is 1. The number of hydrogen-bond acceptors (Lipinski definition) is 7.